The molecule has 134 valence electrons. The lowest BCUT2D eigenvalue weighted by Gasteiger charge is -2.20. The average molecular weight is 357 g/mol. The number of hydrogen-bond donors (Lipinski definition) is 3. The van der Waals surface area contributed by atoms with E-state index >= 15 is 0 Å². The van der Waals surface area contributed by atoms with E-state index in [1.165, 1.54) is 18.9 Å². The lowest BCUT2D eigenvalue weighted by Crippen LogP contribution is -2.36. The van der Waals surface area contributed by atoms with E-state index in [0.717, 1.165) is 0 Å². The number of benzene rings is 1. The van der Waals surface area contributed by atoms with Crippen LogP contribution in [-0.2, 0) is 14.8 Å². The summed E-state index contributed by atoms with van der Waals surface area (Å²) in [7, 11) is -1.85. The van der Waals surface area contributed by atoms with Crippen molar-refractivity contribution in [3.8, 4) is 0 Å². The van der Waals surface area contributed by atoms with Crippen molar-refractivity contribution in [1.82, 2.24) is 4.90 Å². The standard InChI is InChI=1S/C15H23N3O5S/c1-4-9-24(22,23)17-13-7-5-12(6-8-13)16-15(21)18(3)10-11(2)14(19)20/h5-8,11,17H,4,9-10H2,1-3H3,(H,16,21)(H,19,20). The number of carbonyl (C=O) groups excluding carboxylic acids is 1. The molecule has 0 fully saturated rings. The van der Waals surface area contributed by atoms with Gasteiger partial charge in [-0.25, -0.2) is 13.2 Å². The molecular formula is C15H23N3O5S. The molecule has 0 radical (unpaired) electrons. The third-order valence-electron chi connectivity index (χ3n) is 3.20. The zero-order chi connectivity index (χ0) is 18.3. The number of carboxylic acids is 1. The Bertz CT molecular complexity index is 673. The third-order valence-corrected chi connectivity index (χ3v) is 4.69. The highest BCUT2D eigenvalue weighted by atomic mass is 32.2. The van der Waals surface area contributed by atoms with Crippen molar-refractivity contribution in [2.45, 2.75) is 20.3 Å². The van der Waals surface area contributed by atoms with Gasteiger partial charge in [0.2, 0.25) is 10.0 Å². The maximum Gasteiger partial charge on any atom is 0.321 e. The van der Waals surface area contributed by atoms with Gasteiger partial charge in [-0.15, -0.1) is 0 Å². The molecule has 0 aliphatic carbocycles. The molecule has 1 aromatic rings. The molecule has 24 heavy (non-hydrogen) atoms. The van der Waals surface area contributed by atoms with E-state index in [1.54, 1.807) is 31.2 Å². The molecule has 9 heteroatoms. The first-order valence-corrected chi connectivity index (χ1v) is 9.15. The molecule has 0 aliphatic rings. The quantitative estimate of drug-likeness (QED) is 0.658. The fourth-order valence-corrected chi connectivity index (χ4v) is 3.05. The monoisotopic (exact) mass is 357 g/mol. The van der Waals surface area contributed by atoms with Crippen LogP contribution in [0.1, 0.15) is 20.3 Å². The van der Waals surface area contributed by atoms with E-state index in [-0.39, 0.29) is 12.3 Å². The number of rotatable bonds is 8. The Kier molecular flexibility index (Phi) is 7.02. The maximum atomic E-state index is 12.0. The number of sulfonamides is 1. The Morgan fingerprint density at radius 2 is 1.75 bits per heavy atom. The fraction of sp³-hybridized carbons (Fsp3) is 0.467. The third kappa shape index (κ3) is 6.45. The number of nitrogens with zero attached hydrogens (tertiary/aromatic N) is 1. The zero-order valence-electron chi connectivity index (χ0n) is 13.9. The Morgan fingerprint density at radius 3 is 2.25 bits per heavy atom. The lowest BCUT2D eigenvalue weighted by atomic mass is 10.2. The number of carboxylic acid groups (broad SMARTS) is 1. The number of aliphatic carboxylic acids is 1. The average Bonchev–Trinajstić information content (AvgIpc) is 2.48. The Morgan fingerprint density at radius 1 is 1.21 bits per heavy atom. The van der Waals surface area contributed by atoms with E-state index in [1.807, 2.05) is 0 Å². The van der Waals surface area contributed by atoms with Gasteiger partial charge >= 0.3 is 12.0 Å². The van der Waals surface area contributed by atoms with Crippen molar-refractivity contribution in [3.05, 3.63) is 24.3 Å². The van der Waals surface area contributed by atoms with Gasteiger partial charge < -0.3 is 15.3 Å². The van der Waals surface area contributed by atoms with Crippen molar-refractivity contribution in [2.24, 2.45) is 5.92 Å². The molecule has 0 saturated carbocycles. The largest absolute Gasteiger partial charge is 0.481 e. The molecule has 0 aliphatic heterocycles. The smallest absolute Gasteiger partial charge is 0.321 e. The van der Waals surface area contributed by atoms with Crippen LogP contribution in [0, 0.1) is 5.92 Å². The van der Waals surface area contributed by atoms with Gasteiger partial charge in [0.05, 0.1) is 11.7 Å². The second-order valence-corrected chi connectivity index (χ2v) is 7.39. The lowest BCUT2D eigenvalue weighted by molar-refractivity contribution is -0.141. The second-order valence-electron chi connectivity index (χ2n) is 5.55. The first-order valence-electron chi connectivity index (χ1n) is 7.50. The van der Waals surface area contributed by atoms with Gasteiger partial charge in [-0.3, -0.25) is 9.52 Å². The Hall–Kier alpha value is -2.29. The summed E-state index contributed by atoms with van der Waals surface area (Å²) < 4.78 is 25.8. The molecule has 1 aromatic carbocycles. The molecule has 1 atom stereocenters. The van der Waals surface area contributed by atoms with Crippen LogP contribution in [0.3, 0.4) is 0 Å². The van der Waals surface area contributed by atoms with Crippen molar-refractivity contribution >= 4 is 33.4 Å². The molecule has 2 amide bonds. The number of anilines is 2. The number of hydrogen-bond acceptors (Lipinski definition) is 4. The van der Waals surface area contributed by atoms with E-state index < -0.39 is 27.9 Å². The van der Waals surface area contributed by atoms with Crippen molar-refractivity contribution < 1.29 is 23.1 Å². The predicted molar refractivity (Wildman–Crippen MR) is 92.6 cm³/mol. The van der Waals surface area contributed by atoms with E-state index in [2.05, 4.69) is 10.0 Å². The van der Waals surface area contributed by atoms with Crippen LogP contribution < -0.4 is 10.0 Å². The number of amides is 2. The summed E-state index contributed by atoms with van der Waals surface area (Å²) in [6, 6.07) is 5.78. The first kappa shape index (κ1) is 19.8. The molecule has 0 aromatic heterocycles. The minimum Gasteiger partial charge on any atom is -0.481 e. The molecule has 3 N–H and O–H groups in total. The molecule has 0 saturated heterocycles. The van der Waals surface area contributed by atoms with E-state index in [0.29, 0.717) is 17.8 Å². The number of urea groups is 1. The summed E-state index contributed by atoms with van der Waals surface area (Å²) >= 11 is 0. The van der Waals surface area contributed by atoms with Gasteiger partial charge in [0.15, 0.2) is 0 Å². The summed E-state index contributed by atoms with van der Waals surface area (Å²) in [4.78, 5) is 24.1. The van der Waals surface area contributed by atoms with Crippen LogP contribution in [0.4, 0.5) is 16.2 Å². The summed E-state index contributed by atoms with van der Waals surface area (Å²) in [5.41, 5.74) is 0.891. The molecule has 0 heterocycles. The highest BCUT2D eigenvalue weighted by Gasteiger charge is 2.17. The van der Waals surface area contributed by atoms with Crippen molar-refractivity contribution in [3.63, 3.8) is 0 Å². The van der Waals surface area contributed by atoms with E-state index in [4.69, 9.17) is 5.11 Å². The SMILES string of the molecule is CCCS(=O)(=O)Nc1ccc(NC(=O)N(C)CC(C)C(=O)O)cc1. The van der Waals surface area contributed by atoms with Crippen LogP contribution in [0.5, 0.6) is 0 Å². The van der Waals surface area contributed by atoms with Gasteiger partial charge in [0.1, 0.15) is 0 Å². The fourth-order valence-electron chi connectivity index (χ4n) is 1.91. The summed E-state index contributed by atoms with van der Waals surface area (Å²) in [5, 5.41) is 11.5. The van der Waals surface area contributed by atoms with Crippen LogP contribution >= 0.6 is 0 Å². The molecular weight excluding hydrogens is 334 g/mol. The molecule has 1 unspecified atom stereocenters. The van der Waals surface area contributed by atoms with E-state index in [9.17, 15) is 18.0 Å². The van der Waals surface area contributed by atoms with Crippen LogP contribution in [0.25, 0.3) is 0 Å². The topological polar surface area (TPSA) is 116 Å². The normalized spacial score (nSPS) is 12.3. The molecule has 0 spiro atoms. The minimum absolute atomic E-state index is 0.0397. The first-order chi connectivity index (χ1) is 11.1. The molecule has 0 bridgehead atoms. The Balaban J connectivity index is 2.63. The van der Waals surface area contributed by atoms with Crippen LogP contribution in [0.15, 0.2) is 24.3 Å². The van der Waals surface area contributed by atoms with Crippen molar-refractivity contribution in [2.75, 3.05) is 29.4 Å². The highest BCUT2D eigenvalue weighted by Crippen LogP contribution is 2.15. The van der Waals surface area contributed by atoms with Gasteiger partial charge in [0, 0.05) is 25.0 Å². The van der Waals surface area contributed by atoms with Crippen molar-refractivity contribution in [1.29, 1.82) is 0 Å². The van der Waals surface area contributed by atoms with Gasteiger partial charge in [-0.05, 0) is 30.7 Å². The molecule has 1 rings (SSSR count). The summed E-state index contributed by atoms with van der Waals surface area (Å²) in [5.74, 6) is -1.60. The van der Waals surface area contributed by atoms with Gasteiger partial charge in [0.25, 0.3) is 0 Å². The molecule has 8 nitrogen and oxygen atoms in total. The zero-order valence-corrected chi connectivity index (χ0v) is 14.8. The van der Waals surface area contributed by atoms with Crippen LogP contribution in [0.2, 0.25) is 0 Å². The second kappa shape index (κ2) is 8.53. The number of carbonyl (C=O) groups is 2. The summed E-state index contributed by atoms with van der Waals surface area (Å²) in [6.07, 6.45) is 0.518. The predicted octanol–water partition coefficient (Wildman–Crippen LogP) is 2.02. The summed E-state index contributed by atoms with van der Waals surface area (Å²) in [6.45, 7) is 3.37. The van der Waals surface area contributed by atoms with Gasteiger partial charge in [-0.2, -0.15) is 0 Å². The minimum atomic E-state index is -3.36. The van der Waals surface area contributed by atoms with Gasteiger partial charge in [-0.1, -0.05) is 13.8 Å². The highest BCUT2D eigenvalue weighted by molar-refractivity contribution is 7.92. The Labute approximate surface area is 141 Å². The maximum absolute atomic E-state index is 12.0. The van der Waals surface area contributed by atoms with Crippen LogP contribution in [-0.4, -0.2) is 49.8 Å². The number of nitrogens with one attached hydrogen (secondary N) is 2.